The number of nitrogens with zero attached hydrogens (tertiary/aromatic N) is 2. The fourth-order valence-corrected chi connectivity index (χ4v) is 5.68. The lowest BCUT2D eigenvalue weighted by atomic mass is 9.86. The summed E-state index contributed by atoms with van der Waals surface area (Å²) in [5.41, 5.74) is 5.31. The first-order valence-electron chi connectivity index (χ1n) is 9.93. The molecule has 0 aliphatic carbocycles. The van der Waals surface area contributed by atoms with E-state index in [1.54, 1.807) is 0 Å². The van der Waals surface area contributed by atoms with Crippen LogP contribution in [0.4, 0.5) is 11.4 Å². The molecule has 0 N–H and O–H groups in total. The molecule has 140 valence electrons. The lowest BCUT2D eigenvalue weighted by Crippen LogP contribution is -2.39. The van der Waals surface area contributed by atoms with Gasteiger partial charge in [0.1, 0.15) is 0 Å². The molecule has 0 radical (unpaired) electrons. The lowest BCUT2D eigenvalue weighted by Gasteiger charge is -2.42. The zero-order valence-electron chi connectivity index (χ0n) is 15.9. The monoisotopic (exact) mass is 378 g/mol. The minimum Gasteiger partial charge on any atom is -0.375 e. The Hall–Kier alpha value is -1.91. The van der Waals surface area contributed by atoms with Crippen LogP contribution in [-0.4, -0.2) is 31.6 Å². The highest BCUT2D eigenvalue weighted by atomic mass is 32.2. The van der Waals surface area contributed by atoms with Gasteiger partial charge in [-0.1, -0.05) is 30.0 Å². The fourth-order valence-electron chi connectivity index (χ4n) is 4.47. The molecule has 6 rings (SSSR count). The standard InChI is InChI=1S/C23H26N2OS/c1-24-20-4-2-3-5-22(20)27-23-15-18(6-7-21(23)24)16-26-13-10-19-14-17-8-11-25(19)12-9-17/h2-7,10,15,17H,8-9,11-14,16H2,1H3. The van der Waals surface area contributed by atoms with Crippen LogP contribution in [-0.2, 0) is 11.3 Å². The summed E-state index contributed by atoms with van der Waals surface area (Å²) < 4.78 is 5.99. The Kier molecular flexibility index (Phi) is 4.62. The van der Waals surface area contributed by atoms with Gasteiger partial charge in [-0.3, -0.25) is 0 Å². The van der Waals surface area contributed by atoms with Gasteiger partial charge in [-0.2, -0.15) is 0 Å². The summed E-state index contributed by atoms with van der Waals surface area (Å²) in [5.74, 6) is 0.916. The molecular formula is C23H26N2OS. The van der Waals surface area contributed by atoms with Crippen LogP contribution in [0.3, 0.4) is 0 Å². The van der Waals surface area contributed by atoms with E-state index < -0.39 is 0 Å². The van der Waals surface area contributed by atoms with E-state index in [0.717, 1.165) is 5.92 Å². The van der Waals surface area contributed by atoms with Crippen molar-refractivity contribution in [1.29, 1.82) is 0 Å². The number of hydrogen-bond donors (Lipinski definition) is 0. The van der Waals surface area contributed by atoms with Crippen molar-refractivity contribution in [2.75, 3.05) is 31.6 Å². The molecule has 0 spiro atoms. The molecule has 0 atom stereocenters. The van der Waals surface area contributed by atoms with E-state index in [1.807, 2.05) is 11.8 Å². The molecule has 4 aliphatic heterocycles. The third kappa shape index (κ3) is 3.37. The molecule has 0 unspecified atom stereocenters. The number of ether oxygens (including phenoxy) is 1. The average molecular weight is 379 g/mol. The number of piperidine rings is 3. The van der Waals surface area contributed by atoms with Crippen molar-refractivity contribution in [2.45, 2.75) is 35.7 Å². The van der Waals surface area contributed by atoms with Gasteiger partial charge >= 0.3 is 0 Å². The van der Waals surface area contributed by atoms with Crippen molar-refractivity contribution in [3.8, 4) is 0 Å². The van der Waals surface area contributed by atoms with Crippen molar-refractivity contribution in [3.05, 3.63) is 59.8 Å². The maximum absolute atomic E-state index is 5.99. The van der Waals surface area contributed by atoms with Crippen LogP contribution in [0.15, 0.2) is 64.0 Å². The molecule has 2 bridgehead atoms. The van der Waals surface area contributed by atoms with Gasteiger partial charge in [0, 0.05) is 35.6 Å². The molecule has 0 aromatic heterocycles. The predicted octanol–water partition coefficient (Wildman–Crippen LogP) is 5.44. The Morgan fingerprint density at radius 2 is 1.89 bits per heavy atom. The largest absolute Gasteiger partial charge is 0.375 e. The van der Waals surface area contributed by atoms with Crippen LogP contribution in [0, 0.1) is 5.92 Å². The third-order valence-corrected chi connectivity index (χ3v) is 7.17. The number of allylic oxidation sites excluding steroid dienone is 1. The second-order valence-electron chi connectivity index (χ2n) is 7.78. The van der Waals surface area contributed by atoms with E-state index in [0.29, 0.717) is 13.2 Å². The molecule has 2 aromatic rings. The summed E-state index contributed by atoms with van der Waals surface area (Å²) in [7, 11) is 2.15. The number of benzene rings is 2. The van der Waals surface area contributed by atoms with Crippen LogP contribution >= 0.6 is 11.8 Å². The zero-order chi connectivity index (χ0) is 18.2. The Morgan fingerprint density at radius 1 is 1.07 bits per heavy atom. The highest BCUT2D eigenvalue weighted by molar-refractivity contribution is 7.99. The zero-order valence-corrected chi connectivity index (χ0v) is 16.7. The highest BCUT2D eigenvalue weighted by Gasteiger charge is 2.28. The second-order valence-corrected chi connectivity index (χ2v) is 8.86. The van der Waals surface area contributed by atoms with Crippen molar-refractivity contribution >= 4 is 23.1 Å². The molecular weight excluding hydrogens is 352 g/mol. The Labute approximate surface area is 166 Å². The molecule has 4 heterocycles. The minimum absolute atomic E-state index is 0.673. The van der Waals surface area contributed by atoms with E-state index in [-0.39, 0.29) is 0 Å². The van der Waals surface area contributed by atoms with E-state index in [4.69, 9.17) is 4.74 Å². The Balaban J connectivity index is 1.23. The number of fused-ring (bicyclic) bond motifs is 5. The highest BCUT2D eigenvalue weighted by Crippen LogP contribution is 2.47. The first-order chi connectivity index (χ1) is 13.3. The van der Waals surface area contributed by atoms with Crippen LogP contribution in [0.5, 0.6) is 0 Å². The summed E-state index contributed by atoms with van der Waals surface area (Å²) in [5, 5.41) is 0. The average Bonchev–Trinajstić information content (AvgIpc) is 2.72. The van der Waals surface area contributed by atoms with Gasteiger partial charge in [0.15, 0.2) is 0 Å². The normalized spacial score (nSPS) is 20.1. The summed E-state index contributed by atoms with van der Waals surface area (Å²) >= 11 is 1.85. The number of rotatable bonds is 4. The third-order valence-electron chi connectivity index (χ3n) is 6.06. The molecule has 0 amide bonds. The fraction of sp³-hybridized carbons (Fsp3) is 0.391. The van der Waals surface area contributed by atoms with Crippen LogP contribution in [0.25, 0.3) is 0 Å². The summed E-state index contributed by atoms with van der Waals surface area (Å²) in [6.07, 6.45) is 6.32. The van der Waals surface area contributed by atoms with Gasteiger partial charge in [0.25, 0.3) is 0 Å². The van der Waals surface area contributed by atoms with Crippen molar-refractivity contribution < 1.29 is 4.74 Å². The summed E-state index contributed by atoms with van der Waals surface area (Å²) in [4.78, 5) is 7.46. The van der Waals surface area contributed by atoms with Gasteiger partial charge in [-0.25, -0.2) is 0 Å². The van der Waals surface area contributed by atoms with E-state index in [1.165, 1.54) is 64.8 Å². The molecule has 2 aromatic carbocycles. The molecule has 3 nitrogen and oxygen atoms in total. The first kappa shape index (κ1) is 17.2. The maximum atomic E-state index is 5.99. The molecule has 4 heteroatoms. The Morgan fingerprint density at radius 3 is 2.70 bits per heavy atom. The molecule has 3 saturated heterocycles. The lowest BCUT2D eigenvalue weighted by molar-refractivity contribution is 0.134. The smallest absolute Gasteiger partial charge is 0.0721 e. The molecule has 4 aliphatic rings. The van der Waals surface area contributed by atoms with E-state index in [9.17, 15) is 0 Å². The maximum Gasteiger partial charge on any atom is 0.0721 e. The van der Waals surface area contributed by atoms with Gasteiger partial charge in [-0.15, -0.1) is 0 Å². The predicted molar refractivity (Wildman–Crippen MR) is 112 cm³/mol. The van der Waals surface area contributed by atoms with Crippen molar-refractivity contribution in [1.82, 2.24) is 4.90 Å². The number of anilines is 2. The number of para-hydroxylation sites is 1. The van der Waals surface area contributed by atoms with Crippen LogP contribution in [0.1, 0.15) is 24.8 Å². The first-order valence-corrected chi connectivity index (χ1v) is 10.7. The molecule has 3 fully saturated rings. The summed E-state index contributed by atoms with van der Waals surface area (Å²) in [6.45, 7) is 3.87. The van der Waals surface area contributed by atoms with E-state index >= 15 is 0 Å². The summed E-state index contributed by atoms with van der Waals surface area (Å²) in [6, 6.07) is 15.3. The van der Waals surface area contributed by atoms with Gasteiger partial charge in [-0.05, 0) is 61.1 Å². The SMILES string of the molecule is CN1c2ccccc2Sc2cc(COCC=C3CC4CCN3CC4)ccc21. The molecule has 0 saturated carbocycles. The van der Waals surface area contributed by atoms with Gasteiger partial charge in [0.05, 0.1) is 24.6 Å². The van der Waals surface area contributed by atoms with Crippen molar-refractivity contribution in [2.24, 2.45) is 5.92 Å². The topological polar surface area (TPSA) is 15.7 Å². The van der Waals surface area contributed by atoms with Crippen LogP contribution in [0.2, 0.25) is 0 Å². The Bertz CT molecular complexity index is 870. The van der Waals surface area contributed by atoms with E-state index in [2.05, 4.69) is 65.4 Å². The molecule has 27 heavy (non-hydrogen) atoms. The minimum atomic E-state index is 0.673. The quantitative estimate of drug-likeness (QED) is 0.659. The van der Waals surface area contributed by atoms with Gasteiger partial charge < -0.3 is 14.5 Å². The second kappa shape index (κ2) is 7.25. The number of hydrogen-bond acceptors (Lipinski definition) is 4. The van der Waals surface area contributed by atoms with Crippen LogP contribution < -0.4 is 4.90 Å². The van der Waals surface area contributed by atoms with Crippen molar-refractivity contribution in [3.63, 3.8) is 0 Å². The van der Waals surface area contributed by atoms with Gasteiger partial charge in [0.2, 0.25) is 0 Å².